The number of carboxylic acids is 1. The van der Waals surface area contributed by atoms with Gasteiger partial charge in [-0.1, -0.05) is 34.1 Å². The van der Waals surface area contributed by atoms with Crippen LogP contribution in [0, 0.1) is 11.8 Å². The lowest BCUT2D eigenvalue weighted by molar-refractivity contribution is -0.144. The summed E-state index contributed by atoms with van der Waals surface area (Å²) in [7, 11) is 0. The average Bonchev–Trinajstić information content (AvgIpc) is 2.66. The summed E-state index contributed by atoms with van der Waals surface area (Å²) in [5.41, 5.74) is 10.6. The number of amides is 4. The molecule has 0 spiro atoms. The summed E-state index contributed by atoms with van der Waals surface area (Å²) in [6, 6.07) is -5.03. The number of carboxylic acid groups (broad SMARTS) is 1. The lowest BCUT2D eigenvalue weighted by atomic mass is 9.97. The summed E-state index contributed by atoms with van der Waals surface area (Å²) in [6.07, 6.45) is -1.11. The van der Waals surface area contributed by atoms with Crippen LogP contribution in [0.3, 0.4) is 0 Å². The van der Waals surface area contributed by atoms with Gasteiger partial charge in [-0.25, -0.2) is 4.79 Å². The molecule has 6 atom stereocenters. The highest BCUT2D eigenvalue weighted by Gasteiger charge is 2.33. The van der Waals surface area contributed by atoms with Crippen LogP contribution in [0.4, 0.5) is 0 Å². The van der Waals surface area contributed by atoms with E-state index in [0.717, 1.165) is 0 Å². The predicted molar refractivity (Wildman–Crippen MR) is 116 cm³/mol. The predicted octanol–water partition coefficient (Wildman–Crippen LogP) is -1.80. The van der Waals surface area contributed by atoms with Crippen LogP contribution >= 0.6 is 0 Å². The topological polar surface area (TPSA) is 214 Å². The van der Waals surface area contributed by atoms with Gasteiger partial charge in [0.1, 0.15) is 18.1 Å². The van der Waals surface area contributed by atoms with Crippen molar-refractivity contribution >= 4 is 29.6 Å². The van der Waals surface area contributed by atoms with E-state index in [1.807, 2.05) is 13.8 Å². The molecule has 184 valence electrons. The minimum absolute atomic E-state index is 0.0403. The summed E-state index contributed by atoms with van der Waals surface area (Å²) in [5.74, 6) is -4.83. The number of aliphatic hydroxyl groups is 1. The van der Waals surface area contributed by atoms with Gasteiger partial charge in [0.05, 0.1) is 18.6 Å². The number of aliphatic hydroxyl groups excluding tert-OH is 1. The Hall–Kier alpha value is -2.73. The summed E-state index contributed by atoms with van der Waals surface area (Å²) in [6.45, 7) is 8.35. The maximum atomic E-state index is 12.8. The Morgan fingerprint density at radius 3 is 1.81 bits per heavy atom. The van der Waals surface area contributed by atoms with E-state index in [1.54, 1.807) is 13.8 Å². The monoisotopic (exact) mass is 459 g/mol. The number of hydrogen-bond donors (Lipinski definition) is 7. The number of carbonyl (C=O) groups excluding carboxylic acids is 4. The second-order valence-electron chi connectivity index (χ2n) is 8.40. The van der Waals surface area contributed by atoms with Gasteiger partial charge in [-0.15, -0.1) is 0 Å². The van der Waals surface area contributed by atoms with Crippen molar-refractivity contribution in [3.63, 3.8) is 0 Å². The van der Waals surface area contributed by atoms with E-state index in [9.17, 15) is 34.2 Å². The number of nitrogens with one attached hydrogen (secondary N) is 3. The van der Waals surface area contributed by atoms with Crippen LogP contribution in [0.1, 0.15) is 53.9 Å². The van der Waals surface area contributed by atoms with Crippen LogP contribution in [0.15, 0.2) is 0 Å². The molecule has 0 aliphatic heterocycles. The molecular formula is C20H37N5O7. The molecule has 32 heavy (non-hydrogen) atoms. The first-order chi connectivity index (χ1) is 14.7. The number of hydrogen-bond acceptors (Lipinski definition) is 7. The smallest absolute Gasteiger partial charge is 0.326 e. The van der Waals surface area contributed by atoms with E-state index < -0.39 is 66.3 Å². The van der Waals surface area contributed by atoms with E-state index >= 15 is 0 Å². The molecule has 0 fully saturated rings. The van der Waals surface area contributed by atoms with E-state index in [0.29, 0.717) is 6.42 Å². The van der Waals surface area contributed by atoms with Crippen LogP contribution in [0.25, 0.3) is 0 Å². The van der Waals surface area contributed by atoms with Gasteiger partial charge in [-0.3, -0.25) is 19.2 Å². The number of carbonyl (C=O) groups is 5. The molecule has 12 nitrogen and oxygen atoms in total. The fraction of sp³-hybridized carbons (Fsp3) is 0.750. The molecule has 0 aromatic carbocycles. The van der Waals surface area contributed by atoms with E-state index in [1.165, 1.54) is 6.92 Å². The summed E-state index contributed by atoms with van der Waals surface area (Å²) < 4.78 is 0. The second kappa shape index (κ2) is 13.6. The second-order valence-corrected chi connectivity index (χ2v) is 8.40. The van der Waals surface area contributed by atoms with E-state index in [-0.39, 0.29) is 18.3 Å². The number of nitrogens with two attached hydrogens (primary N) is 2. The first-order valence-electron chi connectivity index (χ1n) is 10.6. The number of primary amides is 1. The summed E-state index contributed by atoms with van der Waals surface area (Å²) in [5, 5.41) is 26.5. The zero-order valence-electron chi connectivity index (χ0n) is 19.3. The molecule has 0 radical (unpaired) electrons. The van der Waals surface area contributed by atoms with Crippen LogP contribution in [-0.2, 0) is 24.0 Å². The molecule has 0 aliphatic carbocycles. The van der Waals surface area contributed by atoms with Crippen molar-refractivity contribution < 1.29 is 34.2 Å². The minimum Gasteiger partial charge on any atom is -0.480 e. The van der Waals surface area contributed by atoms with E-state index in [4.69, 9.17) is 11.5 Å². The molecule has 12 heteroatoms. The summed E-state index contributed by atoms with van der Waals surface area (Å²) >= 11 is 0. The molecular weight excluding hydrogens is 422 g/mol. The van der Waals surface area contributed by atoms with Crippen molar-refractivity contribution in [2.45, 2.75) is 84.2 Å². The number of rotatable bonds is 14. The fourth-order valence-corrected chi connectivity index (χ4v) is 2.88. The van der Waals surface area contributed by atoms with Crippen LogP contribution < -0.4 is 27.4 Å². The van der Waals surface area contributed by atoms with Gasteiger partial charge < -0.3 is 37.6 Å². The molecule has 4 amide bonds. The molecule has 0 bridgehead atoms. The van der Waals surface area contributed by atoms with Crippen molar-refractivity contribution in [3.8, 4) is 0 Å². The Labute approximate surface area is 187 Å². The first kappa shape index (κ1) is 29.3. The molecule has 0 rings (SSSR count). The molecule has 6 unspecified atom stereocenters. The van der Waals surface area contributed by atoms with Gasteiger partial charge in [-0.2, -0.15) is 0 Å². The van der Waals surface area contributed by atoms with Crippen LogP contribution in [0.5, 0.6) is 0 Å². The number of aliphatic carboxylic acids is 1. The van der Waals surface area contributed by atoms with Gasteiger partial charge >= 0.3 is 5.97 Å². The summed E-state index contributed by atoms with van der Waals surface area (Å²) in [4.78, 5) is 60.2. The average molecular weight is 460 g/mol. The fourth-order valence-electron chi connectivity index (χ4n) is 2.88. The van der Waals surface area contributed by atoms with Crippen molar-refractivity contribution in [2.75, 3.05) is 0 Å². The van der Waals surface area contributed by atoms with Gasteiger partial charge in [0.2, 0.25) is 23.6 Å². The zero-order chi connectivity index (χ0) is 25.2. The maximum Gasteiger partial charge on any atom is 0.326 e. The van der Waals surface area contributed by atoms with Crippen LogP contribution in [-0.4, -0.2) is 70.1 Å². The normalized spacial score (nSPS) is 16.8. The molecule has 0 aliphatic rings. The molecule has 0 saturated heterocycles. The Balaban J connectivity index is 5.49. The third-order valence-electron chi connectivity index (χ3n) is 4.94. The third-order valence-corrected chi connectivity index (χ3v) is 4.94. The molecule has 0 heterocycles. The standard InChI is InChI=1S/C20H37N5O7/c1-6-10(4)15(20(31)32)24-18(29)13(7-9(2)3)23-19(30)16(11(5)26)25-17(28)12(21)8-14(22)27/h9-13,15-16,26H,6-8,21H2,1-5H3,(H2,22,27)(H,23,30)(H,24,29)(H,25,28)(H,31,32). The molecule has 0 aromatic heterocycles. The molecule has 0 aromatic rings. The highest BCUT2D eigenvalue weighted by atomic mass is 16.4. The van der Waals surface area contributed by atoms with Crippen molar-refractivity contribution in [1.82, 2.24) is 16.0 Å². The zero-order valence-corrected chi connectivity index (χ0v) is 19.3. The minimum atomic E-state index is -1.46. The Bertz CT molecular complexity index is 683. The lowest BCUT2D eigenvalue weighted by Gasteiger charge is -2.28. The SMILES string of the molecule is CCC(C)C(NC(=O)C(CC(C)C)NC(=O)C(NC(=O)C(N)CC(N)=O)C(C)O)C(=O)O. The molecule has 9 N–H and O–H groups in total. The van der Waals surface area contributed by atoms with E-state index in [2.05, 4.69) is 16.0 Å². The first-order valence-corrected chi connectivity index (χ1v) is 10.6. The lowest BCUT2D eigenvalue weighted by Crippen LogP contribution is -2.60. The highest BCUT2D eigenvalue weighted by Crippen LogP contribution is 2.11. The molecule has 0 saturated carbocycles. The van der Waals surface area contributed by atoms with Gasteiger partial charge in [-0.05, 0) is 25.2 Å². The Morgan fingerprint density at radius 1 is 0.875 bits per heavy atom. The van der Waals surface area contributed by atoms with Gasteiger partial charge in [0.25, 0.3) is 0 Å². The van der Waals surface area contributed by atoms with Crippen molar-refractivity contribution in [2.24, 2.45) is 23.3 Å². The Kier molecular flexibility index (Phi) is 12.5. The quantitative estimate of drug-likeness (QED) is 0.157. The van der Waals surface area contributed by atoms with Gasteiger partial charge in [0, 0.05) is 0 Å². The van der Waals surface area contributed by atoms with Gasteiger partial charge in [0.15, 0.2) is 0 Å². The maximum absolute atomic E-state index is 12.8. The highest BCUT2D eigenvalue weighted by molar-refractivity contribution is 5.95. The van der Waals surface area contributed by atoms with Crippen molar-refractivity contribution in [1.29, 1.82) is 0 Å². The Morgan fingerprint density at radius 2 is 1.41 bits per heavy atom. The largest absolute Gasteiger partial charge is 0.480 e. The van der Waals surface area contributed by atoms with Crippen LogP contribution in [0.2, 0.25) is 0 Å². The third kappa shape index (κ3) is 10.1. The van der Waals surface area contributed by atoms with Crippen molar-refractivity contribution in [3.05, 3.63) is 0 Å².